The molecule has 1 aliphatic rings. The Hall–Kier alpha value is -1.84. The topological polar surface area (TPSA) is 89.2 Å². The van der Waals surface area contributed by atoms with E-state index in [1.165, 1.54) is 11.3 Å². The first-order valence-electron chi connectivity index (χ1n) is 8.63. The van der Waals surface area contributed by atoms with Crippen LogP contribution in [-0.4, -0.2) is 34.8 Å². The smallest absolute Gasteiger partial charge is 0.211 e. The van der Waals surface area contributed by atoms with Gasteiger partial charge in [-0.25, -0.2) is 13.1 Å². The molecule has 1 N–H and O–H groups in total. The van der Waals surface area contributed by atoms with Crippen LogP contribution < -0.4 is 4.72 Å². The van der Waals surface area contributed by atoms with Crippen LogP contribution in [0.4, 0.5) is 0 Å². The van der Waals surface area contributed by atoms with Crippen molar-refractivity contribution in [1.29, 1.82) is 0 Å². The van der Waals surface area contributed by atoms with Crippen molar-refractivity contribution in [2.75, 3.05) is 6.54 Å². The predicted octanol–water partition coefficient (Wildman–Crippen LogP) is 2.51. The van der Waals surface area contributed by atoms with E-state index < -0.39 is 10.0 Å². The molecule has 0 radical (unpaired) electrons. The molecule has 2 heterocycles. The minimum atomic E-state index is -3.54. The quantitative estimate of drug-likeness (QED) is 0.697. The van der Waals surface area contributed by atoms with Crippen LogP contribution in [0.2, 0.25) is 0 Å². The number of fused-ring (bicyclic) bond motifs is 1. The van der Waals surface area contributed by atoms with Gasteiger partial charge in [0.25, 0.3) is 0 Å². The molecule has 1 aliphatic carbocycles. The second-order valence-electron chi connectivity index (χ2n) is 6.90. The fourth-order valence-electron chi connectivity index (χ4n) is 3.32. The second kappa shape index (κ2) is 6.40. The molecule has 0 spiro atoms. The fourth-order valence-corrected chi connectivity index (χ4v) is 5.64. The van der Waals surface area contributed by atoms with Crippen molar-refractivity contribution in [1.82, 2.24) is 24.5 Å². The molecule has 0 unspecified atom stereocenters. The van der Waals surface area contributed by atoms with Crippen molar-refractivity contribution in [3.05, 3.63) is 39.7 Å². The van der Waals surface area contributed by atoms with Crippen molar-refractivity contribution in [2.24, 2.45) is 0 Å². The summed E-state index contributed by atoms with van der Waals surface area (Å²) >= 11 is 1.46. The molecule has 1 fully saturated rings. The van der Waals surface area contributed by atoms with E-state index in [0.29, 0.717) is 23.8 Å². The Morgan fingerprint density at radius 3 is 2.54 bits per heavy atom. The molecule has 4 rings (SSSR count). The maximum absolute atomic E-state index is 12.7. The van der Waals surface area contributed by atoms with Crippen molar-refractivity contribution in [2.45, 2.75) is 50.8 Å². The summed E-state index contributed by atoms with van der Waals surface area (Å²) in [5.41, 5.74) is 2.59. The van der Waals surface area contributed by atoms with Gasteiger partial charge in [-0.05, 0) is 44.7 Å². The minimum Gasteiger partial charge on any atom is -0.211 e. The Balaban J connectivity index is 1.47. The Bertz CT molecular complexity index is 1060. The second-order valence-corrected chi connectivity index (χ2v) is 9.64. The van der Waals surface area contributed by atoms with Gasteiger partial charge >= 0.3 is 0 Å². The number of sulfonamides is 1. The van der Waals surface area contributed by atoms with E-state index in [-0.39, 0.29) is 0 Å². The average molecular weight is 392 g/mol. The molecule has 1 aromatic carbocycles. The summed E-state index contributed by atoms with van der Waals surface area (Å²) in [6.45, 7) is 5.93. The number of aromatic nitrogens is 4. The van der Waals surface area contributed by atoms with Crippen molar-refractivity contribution in [3.63, 3.8) is 0 Å². The van der Waals surface area contributed by atoms with E-state index in [1.807, 2.05) is 32.9 Å². The molecule has 26 heavy (non-hydrogen) atoms. The van der Waals surface area contributed by atoms with Gasteiger partial charge in [0.15, 0.2) is 5.82 Å². The third-order valence-corrected chi connectivity index (χ3v) is 7.23. The Morgan fingerprint density at radius 2 is 1.88 bits per heavy atom. The van der Waals surface area contributed by atoms with E-state index in [0.717, 1.165) is 45.3 Å². The lowest BCUT2D eigenvalue weighted by Gasteiger charge is -2.12. The Labute approximate surface area is 156 Å². The van der Waals surface area contributed by atoms with Crippen LogP contribution >= 0.6 is 11.3 Å². The van der Waals surface area contributed by atoms with E-state index in [1.54, 1.807) is 4.52 Å². The van der Waals surface area contributed by atoms with Gasteiger partial charge in [0.05, 0.1) is 4.90 Å². The van der Waals surface area contributed by atoms with Gasteiger partial charge in [0.2, 0.25) is 15.0 Å². The third kappa shape index (κ3) is 3.26. The van der Waals surface area contributed by atoms with E-state index >= 15 is 0 Å². The van der Waals surface area contributed by atoms with Crippen LogP contribution in [0.3, 0.4) is 0 Å². The summed E-state index contributed by atoms with van der Waals surface area (Å²) in [5.74, 6) is 1.40. The minimum absolute atomic E-state index is 0.304. The molecule has 9 heteroatoms. The number of benzene rings is 1. The maximum atomic E-state index is 12.7. The van der Waals surface area contributed by atoms with Gasteiger partial charge in [-0.1, -0.05) is 29.0 Å². The normalized spacial score (nSPS) is 15.0. The highest BCUT2D eigenvalue weighted by molar-refractivity contribution is 7.89. The first-order chi connectivity index (χ1) is 12.3. The zero-order chi connectivity index (χ0) is 18.5. The SMILES string of the molecule is Cc1cc(C)c(S(=O)(=O)NCCc2nn3c(C4CC4)nnc3s2)c(C)c1. The Kier molecular flexibility index (Phi) is 4.32. The zero-order valence-electron chi connectivity index (χ0n) is 15.0. The third-order valence-electron chi connectivity index (χ3n) is 4.50. The monoisotopic (exact) mass is 391 g/mol. The van der Waals surface area contributed by atoms with Gasteiger partial charge < -0.3 is 0 Å². The molecule has 7 nitrogen and oxygen atoms in total. The maximum Gasteiger partial charge on any atom is 0.241 e. The first-order valence-corrected chi connectivity index (χ1v) is 10.9. The summed E-state index contributed by atoms with van der Waals surface area (Å²) in [5, 5.41) is 13.8. The fraction of sp³-hybridized carbons (Fsp3) is 0.471. The highest BCUT2D eigenvalue weighted by Crippen LogP contribution is 2.39. The van der Waals surface area contributed by atoms with Crippen molar-refractivity contribution < 1.29 is 8.42 Å². The summed E-state index contributed by atoms with van der Waals surface area (Å²) in [7, 11) is -3.54. The molecule has 0 atom stereocenters. The molecule has 3 aromatic rings. The summed E-state index contributed by atoms with van der Waals surface area (Å²) in [4.78, 5) is 1.15. The highest BCUT2D eigenvalue weighted by atomic mass is 32.2. The lowest BCUT2D eigenvalue weighted by atomic mass is 10.1. The summed E-state index contributed by atoms with van der Waals surface area (Å²) in [6.07, 6.45) is 2.81. The van der Waals surface area contributed by atoms with Crippen LogP contribution in [0.15, 0.2) is 17.0 Å². The van der Waals surface area contributed by atoms with Crippen LogP contribution in [-0.2, 0) is 16.4 Å². The molecular formula is C17H21N5O2S2. The van der Waals surface area contributed by atoms with Gasteiger partial charge in [-0.3, -0.25) is 0 Å². The number of nitrogens with zero attached hydrogens (tertiary/aromatic N) is 4. The first kappa shape index (κ1) is 17.6. The summed E-state index contributed by atoms with van der Waals surface area (Å²) in [6, 6.07) is 3.79. The number of hydrogen-bond acceptors (Lipinski definition) is 6. The molecule has 2 aromatic heterocycles. The van der Waals surface area contributed by atoms with Crippen LogP contribution in [0.5, 0.6) is 0 Å². The molecule has 1 saturated carbocycles. The largest absolute Gasteiger partial charge is 0.241 e. The zero-order valence-corrected chi connectivity index (χ0v) is 16.6. The predicted molar refractivity (Wildman–Crippen MR) is 100 cm³/mol. The van der Waals surface area contributed by atoms with Gasteiger partial charge in [0, 0.05) is 18.9 Å². The summed E-state index contributed by atoms with van der Waals surface area (Å²) < 4.78 is 29.9. The highest BCUT2D eigenvalue weighted by Gasteiger charge is 2.30. The lowest BCUT2D eigenvalue weighted by Crippen LogP contribution is -2.27. The lowest BCUT2D eigenvalue weighted by molar-refractivity contribution is 0.580. The van der Waals surface area contributed by atoms with Gasteiger partial charge in [-0.2, -0.15) is 9.61 Å². The van der Waals surface area contributed by atoms with E-state index in [2.05, 4.69) is 20.0 Å². The number of aryl methyl sites for hydroxylation is 3. The molecule has 0 amide bonds. The van der Waals surface area contributed by atoms with Crippen LogP contribution in [0.1, 0.15) is 46.3 Å². The van der Waals surface area contributed by atoms with Crippen molar-refractivity contribution >= 4 is 26.3 Å². The van der Waals surface area contributed by atoms with E-state index in [9.17, 15) is 8.42 Å². The number of hydrogen-bond donors (Lipinski definition) is 1. The Morgan fingerprint density at radius 1 is 1.19 bits per heavy atom. The van der Waals surface area contributed by atoms with Crippen LogP contribution in [0.25, 0.3) is 4.96 Å². The molecule has 138 valence electrons. The molecule has 0 aliphatic heterocycles. The number of nitrogens with one attached hydrogen (secondary N) is 1. The average Bonchev–Trinajstić information content (AvgIpc) is 3.16. The molecule has 0 saturated heterocycles. The molecular weight excluding hydrogens is 370 g/mol. The van der Waals surface area contributed by atoms with Crippen LogP contribution in [0, 0.1) is 20.8 Å². The van der Waals surface area contributed by atoms with E-state index in [4.69, 9.17) is 0 Å². The molecule has 0 bridgehead atoms. The van der Waals surface area contributed by atoms with Crippen molar-refractivity contribution in [3.8, 4) is 0 Å². The standard InChI is InChI=1S/C17H21N5O2S2/c1-10-8-11(2)15(12(3)9-10)26(23,24)18-7-6-14-21-22-16(13-4-5-13)19-20-17(22)25-14/h8-9,13,18H,4-7H2,1-3H3. The number of rotatable bonds is 6. The van der Waals surface area contributed by atoms with Gasteiger partial charge in [0.1, 0.15) is 5.01 Å². The van der Waals surface area contributed by atoms with Gasteiger partial charge in [-0.15, -0.1) is 10.2 Å².